The number of hydrogen-bond acceptors (Lipinski definition) is 6. The summed E-state index contributed by atoms with van der Waals surface area (Å²) in [5, 5.41) is 0. The number of carbonyl (C=O) groups excluding carboxylic acids is 1. The maximum atomic E-state index is 13.9. The fraction of sp³-hybridized carbons (Fsp3) is 0.450. The first-order valence-electron chi connectivity index (χ1n) is 9.26. The molecule has 148 valence electrons. The summed E-state index contributed by atoms with van der Waals surface area (Å²) in [6, 6.07) is 6.31. The van der Waals surface area contributed by atoms with Gasteiger partial charge in [-0.1, -0.05) is 12.1 Å². The van der Waals surface area contributed by atoms with E-state index >= 15 is 0 Å². The summed E-state index contributed by atoms with van der Waals surface area (Å²) in [4.78, 5) is 25.3. The van der Waals surface area contributed by atoms with E-state index in [-0.39, 0.29) is 36.2 Å². The second-order valence-electron chi connectivity index (χ2n) is 7.20. The lowest BCUT2D eigenvalue weighted by Crippen LogP contribution is -2.37. The molecule has 28 heavy (non-hydrogen) atoms. The number of ether oxygens (including phenoxy) is 2. The van der Waals surface area contributed by atoms with E-state index in [1.165, 1.54) is 19.2 Å². The monoisotopic (exact) mass is 386 g/mol. The van der Waals surface area contributed by atoms with Crippen molar-refractivity contribution in [3.05, 3.63) is 48.0 Å². The molecule has 1 aromatic heterocycles. The molecule has 0 N–H and O–H groups in total. The van der Waals surface area contributed by atoms with Crippen LogP contribution < -0.4 is 9.64 Å². The lowest BCUT2D eigenvalue weighted by atomic mass is 9.89. The van der Waals surface area contributed by atoms with Crippen LogP contribution >= 0.6 is 0 Å². The number of fused-ring (bicyclic) bond motifs is 1. The summed E-state index contributed by atoms with van der Waals surface area (Å²) < 4.78 is 24.3. The molecule has 4 rings (SSSR count). The second-order valence-corrected chi connectivity index (χ2v) is 7.20. The van der Waals surface area contributed by atoms with Crippen molar-refractivity contribution in [3.8, 4) is 5.88 Å². The summed E-state index contributed by atoms with van der Waals surface area (Å²) in [6.45, 7) is 2.06. The van der Waals surface area contributed by atoms with Crippen molar-refractivity contribution in [2.45, 2.75) is 6.04 Å². The minimum atomic E-state index is -0.300. The number of benzene rings is 1. The van der Waals surface area contributed by atoms with Crippen molar-refractivity contribution in [2.24, 2.45) is 11.8 Å². The van der Waals surface area contributed by atoms with Crippen LogP contribution in [0.15, 0.2) is 36.7 Å². The molecule has 0 spiro atoms. The lowest BCUT2D eigenvalue weighted by Gasteiger charge is -2.30. The van der Waals surface area contributed by atoms with Crippen LogP contribution in [-0.4, -0.2) is 61.2 Å². The van der Waals surface area contributed by atoms with Gasteiger partial charge in [0, 0.05) is 51.0 Å². The van der Waals surface area contributed by atoms with E-state index < -0.39 is 0 Å². The first-order chi connectivity index (χ1) is 13.6. The highest BCUT2D eigenvalue weighted by atomic mass is 19.1. The molecule has 2 aliphatic heterocycles. The number of aromatic nitrogens is 2. The van der Waals surface area contributed by atoms with Gasteiger partial charge in [-0.15, -0.1) is 0 Å². The third kappa shape index (κ3) is 3.28. The van der Waals surface area contributed by atoms with Gasteiger partial charge in [0.15, 0.2) is 5.82 Å². The van der Waals surface area contributed by atoms with E-state index in [9.17, 15) is 9.18 Å². The minimum Gasteiger partial charge on any atom is -0.478 e. The van der Waals surface area contributed by atoms with Crippen LogP contribution in [0.4, 0.5) is 10.2 Å². The van der Waals surface area contributed by atoms with Gasteiger partial charge in [-0.05, 0) is 17.7 Å². The molecule has 2 fully saturated rings. The first kappa shape index (κ1) is 18.6. The average molecular weight is 386 g/mol. The van der Waals surface area contributed by atoms with Crippen molar-refractivity contribution in [2.75, 3.05) is 45.4 Å². The summed E-state index contributed by atoms with van der Waals surface area (Å²) in [5.74, 6) is 1.22. The molecule has 3 atom stereocenters. The molecule has 1 aromatic carbocycles. The molecule has 0 radical (unpaired) electrons. The number of likely N-dealkylation sites (tertiary alicyclic amines) is 1. The van der Waals surface area contributed by atoms with Gasteiger partial charge in [-0.3, -0.25) is 4.79 Å². The van der Waals surface area contributed by atoms with Crippen LogP contribution in [0.5, 0.6) is 5.88 Å². The Labute approximate surface area is 163 Å². The summed E-state index contributed by atoms with van der Waals surface area (Å²) >= 11 is 0. The molecular weight excluding hydrogens is 363 g/mol. The standard InChI is InChI=1S/C20H23FN4O3/c1-27-12-17(26)25-10-14-9-24(19-20(28-2)23-7-6-22-19)11-16(14)18(25)13-4-3-5-15(21)8-13/h3-8,14,16,18H,9-12H2,1-2H3/t14-,16-,18+/m1/s1. The zero-order chi connectivity index (χ0) is 19.7. The SMILES string of the molecule is COCC(=O)N1C[C@H]2CN(c3nccnc3OC)C[C@H]2[C@@H]1c1cccc(F)c1. The molecule has 2 aliphatic rings. The maximum Gasteiger partial charge on any atom is 0.257 e. The van der Waals surface area contributed by atoms with Crippen LogP contribution in [0, 0.1) is 17.7 Å². The number of nitrogens with zero attached hydrogens (tertiary/aromatic N) is 4. The molecule has 3 heterocycles. The minimum absolute atomic E-state index is 0.0208. The number of carbonyl (C=O) groups is 1. The van der Waals surface area contributed by atoms with Gasteiger partial charge < -0.3 is 19.3 Å². The van der Waals surface area contributed by atoms with Crippen LogP contribution in [0.25, 0.3) is 0 Å². The normalized spacial score (nSPS) is 23.8. The van der Waals surface area contributed by atoms with Crippen LogP contribution in [-0.2, 0) is 9.53 Å². The Balaban J connectivity index is 1.64. The third-order valence-electron chi connectivity index (χ3n) is 5.58. The largest absolute Gasteiger partial charge is 0.478 e. The predicted molar refractivity (Wildman–Crippen MR) is 101 cm³/mol. The van der Waals surface area contributed by atoms with Crippen LogP contribution in [0.2, 0.25) is 0 Å². The van der Waals surface area contributed by atoms with Gasteiger partial charge in [0.05, 0.1) is 13.2 Å². The number of halogens is 1. The number of rotatable bonds is 5. The van der Waals surface area contributed by atoms with Crippen molar-refractivity contribution in [1.82, 2.24) is 14.9 Å². The van der Waals surface area contributed by atoms with Crippen molar-refractivity contribution in [3.63, 3.8) is 0 Å². The number of hydrogen-bond donors (Lipinski definition) is 0. The maximum absolute atomic E-state index is 13.9. The quantitative estimate of drug-likeness (QED) is 0.782. The third-order valence-corrected chi connectivity index (χ3v) is 5.58. The lowest BCUT2D eigenvalue weighted by molar-refractivity contribution is -0.136. The highest BCUT2D eigenvalue weighted by molar-refractivity contribution is 5.78. The van der Waals surface area contributed by atoms with Crippen molar-refractivity contribution in [1.29, 1.82) is 0 Å². The topological polar surface area (TPSA) is 67.8 Å². The highest BCUT2D eigenvalue weighted by Crippen LogP contribution is 2.46. The molecule has 8 heteroatoms. The zero-order valence-electron chi connectivity index (χ0n) is 15.9. The van der Waals surface area contributed by atoms with E-state index in [1.807, 2.05) is 11.0 Å². The molecule has 7 nitrogen and oxygen atoms in total. The molecule has 2 saturated heterocycles. The Morgan fingerprint density at radius 2 is 2.04 bits per heavy atom. The van der Waals surface area contributed by atoms with Gasteiger partial charge in [-0.25, -0.2) is 14.4 Å². The first-order valence-corrected chi connectivity index (χ1v) is 9.26. The Morgan fingerprint density at radius 1 is 1.21 bits per heavy atom. The molecule has 0 aliphatic carbocycles. The fourth-order valence-electron chi connectivity index (χ4n) is 4.48. The zero-order valence-corrected chi connectivity index (χ0v) is 15.9. The van der Waals surface area contributed by atoms with E-state index in [2.05, 4.69) is 14.9 Å². The summed E-state index contributed by atoms with van der Waals surface area (Å²) in [6.07, 6.45) is 3.24. The Bertz CT molecular complexity index is 865. The van der Waals surface area contributed by atoms with Gasteiger partial charge in [0.1, 0.15) is 12.4 Å². The number of anilines is 1. The van der Waals surface area contributed by atoms with Gasteiger partial charge >= 0.3 is 0 Å². The van der Waals surface area contributed by atoms with E-state index in [4.69, 9.17) is 9.47 Å². The molecular formula is C20H23FN4O3. The Hall–Kier alpha value is -2.74. The molecule has 0 bridgehead atoms. The van der Waals surface area contributed by atoms with Gasteiger partial charge in [0.2, 0.25) is 5.91 Å². The molecule has 0 saturated carbocycles. The number of methoxy groups -OCH3 is 2. The van der Waals surface area contributed by atoms with E-state index in [1.54, 1.807) is 25.6 Å². The van der Waals surface area contributed by atoms with Crippen LogP contribution in [0.1, 0.15) is 11.6 Å². The van der Waals surface area contributed by atoms with Gasteiger partial charge in [-0.2, -0.15) is 0 Å². The summed E-state index contributed by atoms with van der Waals surface area (Å²) in [5.41, 5.74) is 0.810. The fourth-order valence-corrected chi connectivity index (χ4v) is 4.48. The molecule has 0 unspecified atom stereocenters. The van der Waals surface area contributed by atoms with Crippen LogP contribution in [0.3, 0.4) is 0 Å². The van der Waals surface area contributed by atoms with Gasteiger partial charge in [0.25, 0.3) is 5.88 Å². The summed E-state index contributed by atoms with van der Waals surface area (Å²) in [7, 11) is 3.08. The predicted octanol–water partition coefficient (Wildman–Crippen LogP) is 1.91. The molecule has 2 aromatic rings. The molecule has 1 amide bonds. The van der Waals surface area contributed by atoms with Crippen molar-refractivity contribution < 1.29 is 18.7 Å². The van der Waals surface area contributed by atoms with E-state index in [0.717, 1.165) is 12.1 Å². The van der Waals surface area contributed by atoms with E-state index in [0.29, 0.717) is 24.8 Å². The second kappa shape index (κ2) is 7.71. The average Bonchev–Trinajstić information content (AvgIpc) is 3.26. The Kier molecular flexibility index (Phi) is 5.13. The smallest absolute Gasteiger partial charge is 0.257 e. The van der Waals surface area contributed by atoms with Crippen molar-refractivity contribution >= 4 is 11.7 Å². The highest BCUT2D eigenvalue weighted by Gasteiger charge is 2.49. The number of amides is 1. The Morgan fingerprint density at radius 3 is 2.79 bits per heavy atom.